The molecule has 26 heavy (non-hydrogen) atoms. The van der Waals surface area contributed by atoms with Crippen LogP contribution in [0.15, 0.2) is 29.2 Å². The standard InChI is InChI=1S/C18H28N2O5S/c1-12(2)10-15(19-17(22)25-18(4,5)6)16(21)20-26(23,24)14-9-7-8-13(3)11-14/h7-9,11-12,15H,10H2,1-6H3,(H,19,22)(H,20,21)/t15-/m0/s1. The third kappa shape index (κ3) is 7.43. The minimum atomic E-state index is -4.03. The molecule has 0 fully saturated rings. The maximum atomic E-state index is 12.5. The topological polar surface area (TPSA) is 102 Å². The van der Waals surface area contributed by atoms with E-state index in [2.05, 4.69) is 5.32 Å². The average Bonchev–Trinajstić information content (AvgIpc) is 2.43. The Morgan fingerprint density at radius 3 is 2.31 bits per heavy atom. The number of carbonyl (C=O) groups excluding carboxylic acids is 2. The van der Waals surface area contributed by atoms with Gasteiger partial charge in [-0.3, -0.25) is 4.79 Å². The van der Waals surface area contributed by atoms with Crippen LogP contribution in [0.2, 0.25) is 0 Å². The lowest BCUT2D eigenvalue weighted by Gasteiger charge is -2.24. The lowest BCUT2D eigenvalue weighted by Crippen LogP contribution is -2.50. The first kappa shape index (κ1) is 22.0. The first-order chi connectivity index (χ1) is 11.8. The van der Waals surface area contributed by atoms with Gasteiger partial charge in [0, 0.05) is 0 Å². The van der Waals surface area contributed by atoms with Crippen molar-refractivity contribution in [3.63, 3.8) is 0 Å². The number of hydrogen-bond donors (Lipinski definition) is 2. The fourth-order valence-corrected chi connectivity index (χ4v) is 3.32. The smallest absolute Gasteiger partial charge is 0.408 e. The average molecular weight is 384 g/mol. The molecule has 2 N–H and O–H groups in total. The molecule has 1 atom stereocenters. The summed E-state index contributed by atoms with van der Waals surface area (Å²) in [4.78, 5) is 24.5. The van der Waals surface area contributed by atoms with Gasteiger partial charge in [0.05, 0.1) is 4.90 Å². The molecule has 0 unspecified atom stereocenters. The molecule has 8 heteroatoms. The quantitative estimate of drug-likeness (QED) is 0.785. The lowest BCUT2D eigenvalue weighted by molar-refractivity contribution is -0.121. The molecule has 0 radical (unpaired) electrons. The summed E-state index contributed by atoms with van der Waals surface area (Å²) in [6.45, 7) is 10.6. The second-order valence-electron chi connectivity index (χ2n) is 7.61. The second-order valence-corrected chi connectivity index (χ2v) is 9.30. The highest BCUT2D eigenvalue weighted by Gasteiger charge is 2.28. The van der Waals surface area contributed by atoms with E-state index in [1.807, 2.05) is 18.6 Å². The van der Waals surface area contributed by atoms with Crippen molar-refractivity contribution in [2.75, 3.05) is 0 Å². The summed E-state index contributed by atoms with van der Waals surface area (Å²) in [5, 5.41) is 2.45. The molecule has 1 aromatic carbocycles. The number of alkyl carbamates (subject to hydrolysis) is 1. The van der Waals surface area contributed by atoms with Crippen molar-refractivity contribution in [1.82, 2.24) is 10.0 Å². The van der Waals surface area contributed by atoms with Crippen molar-refractivity contribution in [2.45, 2.75) is 64.5 Å². The zero-order valence-corrected chi connectivity index (χ0v) is 16.9. The van der Waals surface area contributed by atoms with Crippen molar-refractivity contribution < 1.29 is 22.7 Å². The minimum Gasteiger partial charge on any atom is -0.444 e. The SMILES string of the molecule is Cc1cccc(S(=O)(=O)NC(=O)[C@H](CC(C)C)NC(=O)OC(C)(C)C)c1. The Balaban J connectivity index is 2.93. The maximum absolute atomic E-state index is 12.5. The fraction of sp³-hybridized carbons (Fsp3) is 0.556. The van der Waals surface area contributed by atoms with Gasteiger partial charge >= 0.3 is 6.09 Å². The number of rotatable bonds is 6. The molecule has 0 saturated heterocycles. The Kier molecular flexibility index (Phi) is 7.20. The highest BCUT2D eigenvalue weighted by molar-refractivity contribution is 7.90. The van der Waals surface area contributed by atoms with Gasteiger partial charge in [-0.15, -0.1) is 0 Å². The molecule has 1 aromatic rings. The summed E-state index contributed by atoms with van der Waals surface area (Å²) in [5.74, 6) is -0.742. The van der Waals surface area contributed by atoms with Gasteiger partial charge in [0.15, 0.2) is 0 Å². The largest absolute Gasteiger partial charge is 0.444 e. The minimum absolute atomic E-state index is 0.00795. The molecule has 0 bridgehead atoms. The Morgan fingerprint density at radius 2 is 1.81 bits per heavy atom. The van der Waals surface area contributed by atoms with E-state index >= 15 is 0 Å². The van der Waals surface area contributed by atoms with Crippen molar-refractivity contribution in [1.29, 1.82) is 0 Å². The number of sulfonamides is 1. The summed E-state index contributed by atoms with van der Waals surface area (Å²) in [7, 11) is -4.03. The normalized spacial score (nSPS) is 13.2. The van der Waals surface area contributed by atoms with Crippen LogP contribution in [0.5, 0.6) is 0 Å². The number of aryl methyl sites for hydroxylation is 1. The summed E-state index contributed by atoms with van der Waals surface area (Å²) in [6.07, 6.45) is -0.500. The van der Waals surface area contributed by atoms with Crippen LogP contribution in [-0.4, -0.2) is 32.1 Å². The molecule has 7 nitrogen and oxygen atoms in total. The van der Waals surface area contributed by atoms with Gasteiger partial charge in [0.25, 0.3) is 15.9 Å². The van der Waals surface area contributed by atoms with E-state index in [1.54, 1.807) is 39.8 Å². The summed E-state index contributed by atoms with van der Waals surface area (Å²) >= 11 is 0. The highest BCUT2D eigenvalue weighted by atomic mass is 32.2. The predicted octanol–water partition coefficient (Wildman–Crippen LogP) is 2.74. The van der Waals surface area contributed by atoms with Gasteiger partial charge in [-0.2, -0.15) is 0 Å². The van der Waals surface area contributed by atoms with E-state index in [0.717, 1.165) is 5.56 Å². The number of hydrogen-bond acceptors (Lipinski definition) is 5. The molecular formula is C18H28N2O5S. The zero-order valence-electron chi connectivity index (χ0n) is 16.1. The second kappa shape index (κ2) is 8.53. The molecule has 0 spiro atoms. The van der Waals surface area contributed by atoms with Crippen LogP contribution in [0.4, 0.5) is 4.79 Å². The van der Waals surface area contributed by atoms with Gasteiger partial charge in [-0.25, -0.2) is 17.9 Å². The van der Waals surface area contributed by atoms with Crippen LogP contribution < -0.4 is 10.0 Å². The first-order valence-electron chi connectivity index (χ1n) is 8.43. The number of benzene rings is 1. The van der Waals surface area contributed by atoms with Gasteiger partial charge < -0.3 is 10.1 Å². The maximum Gasteiger partial charge on any atom is 0.408 e. The molecular weight excluding hydrogens is 356 g/mol. The Bertz CT molecular complexity index is 751. The van der Waals surface area contributed by atoms with Crippen LogP contribution in [0.25, 0.3) is 0 Å². The molecule has 146 valence electrons. The molecule has 0 heterocycles. The van der Waals surface area contributed by atoms with Gasteiger partial charge in [-0.1, -0.05) is 26.0 Å². The monoisotopic (exact) mass is 384 g/mol. The number of nitrogens with one attached hydrogen (secondary N) is 2. The summed E-state index contributed by atoms with van der Waals surface area (Å²) in [5.41, 5.74) is 0.0299. The Hall–Kier alpha value is -2.09. The number of amides is 2. The van der Waals surface area contributed by atoms with E-state index in [4.69, 9.17) is 4.74 Å². The zero-order chi connectivity index (χ0) is 20.1. The predicted molar refractivity (Wildman–Crippen MR) is 99.1 cm³/mol. The van der Waals surface area contributed by atoms with E-state index < -0.39 is 33.7 Å². The highest BCUT2D eigenvalue weighted by Crippen LogP contribution is 2.13. The lowest BCUT2D eigenvalue weighted by atomic mass is 10.0. The van der Waals surface area contributed by atoms with E-state index in [1.165, 1.54) is 12.1 Å². The van der Waals surface area contributed by atoms with Gasteiger partial charge in [0.1, 0.15) is 11.6 Å². The van der Waals surface area contributed by atoms with Crippen molar-refractivity contribution in [3.8, 4) is 0 Å². The van der Waals surface area contributed by atoms with Crippen molar-refractivity contribution in [3.05, 3.63) is 29.8 Å². The van der Waals surface area contributed by atoms with Crippen LogP contribution in [0.3, 0.4) is 0 Å². The van der Waals surface area contributed by atoms with Gasteiger partial charge in [-0.05, 0) is 57.7 Å². The summed E-state index contributed by atoms with van der Waals surface area (Å²) < 4.78 is 32.0. The Morgan fingerprint density at radius 1 is 1.19 bits per heavy atom. The van der Waals surface area contributed by atoms with E-state index in [-0.39, 0.29) is 17.2 Å². The van der Waals surface area contributed by atoms with E-state index in [0.29, 0.717) is 0 Å². The van der Waals surface area contributed by atoms with Crippen LogP contribution in [0, 0.1) is 12.8 Å². The molecule has 0 aromatic heterocycles. The molecule has 0 saturated carbocycles. The van der Waals surface area contributed by atoms with Crippen LogP contribution in [-0.2, 0) is 19.6 Å². The molecule has 0 aliphatic carbocycles. The van der Waals surface area contributed by atoms with Crippen molar-refractivity contribution in [2.24, 2.45) is 5.92 Å². The fourth-order valence-electron chi connectivity index (χ4n) is 2.20. The third-order valence-electron chi connectivity index (χ3n) is 3.25. The molecule has 2 amide bonds. The molecule has 0 aliphatic rings. The Labute approximate surface area is 155 Å². The van der Waals surface area contributed by atoms with Crippen LogP contribution >= 0.6 is 0 Å². The van der Waals surface area contributed by atoms with Gasteiger partial charge in [0.2, 0.25) is 0 Å². The number of ether oxygens (including phenoxy) is 1. The summed E-state index contributed by atoms with van der Waals surface area (Å²) in [6, 6.07) is 5.20. The van der Waals surface area contributed by atoms with Crippen molar-refractivity contribution >= 4 is 22.0 Å². The third-order valence-corrected chi connectivity index (χ3v) is 4.59. The van der Waals surface area contributed by atoms with Crippen LogP contribution in [0.1, 0.15) is 46.6 Å². The molecule has 0 aliphatic heterocycles. The first-order valence-corrected chi connectivity index (χ1v) is 9.91. The van der Waals surface area contributed by atoms with E-state index in [9.17, 15) is 18.0 Å². The number of carbonyl (C=O) groups is 2. The molecule has 1 rings (SSSR count).